The predicted octanol–water partition coefficient (Wildman–Crippen LogP) is 8.48. The van der Waals surface area contributed by atoms with Crippen LogP contribution in [0.3, 0.4) is 0 Å². The highest BCUT2D eigenvalue weighted by molar-refractivity contribution is 9.10. The number of rotatable bonds is 4. The van der Waals surface area contributed by atoms with E-state index in [0.717, 1.165) is 36.2 Å². The Bertz CT molecular complexity index is 1480. The first-order valence-corrected chi connectivity index (χ1v) is 12.7. The van der Waals surface area contributed by atoms with Gasteiger partial charge >= 0.3 is 0 Å². The molecule has 0 unspecified atom stereocenters. The summed E-state index contributed by atoms with van der Waals surface area (Å²) >= 11 is 8.99. The third kappa shape index (κ3) is 3.43. The van der Waals surface area contributed by atoms with E-state index in [0.29, 0.717) is 0 Å². The Morgan fingerprint density at radius 2 is 1.34 bits per heavy atom. The fraction of sp³-hybridized carbons (Fsp3) is 0.0385. The van der Waals surface area contributed by atoms with Crippen molar-refractivity contribution >= 4 is 65.0 Å². The molecular formula is C26H17Br2N3S. The number of benzene rings is 3. The molecule has 0 fully saturated rings. The molecule has 3 aromatic carbocycles. The van der Waals surface area contributed by atoms with Gasteiger partial charge in [-0.3, -0.25) is 0 Å². The molecule has 0 atom stereocenters. The molecule has 6 heteroatoms. The van der Waals surface area contributed by atoms with Gasteiger partial charge in [0.15, 0.2) is 0 Å². The van der Waals surface area contributed by atoms with E-state index in [9.17, 15) is 0 Å². The summed E-state index contributed by atoms with van der Waals surface area (Å²) in [7, 11) is 0. The Balaban J connectivity index is 1.59. The molecule has 3 nitrogen and oxygen atoms in total. The van der Waals surface area contributed by atoms with Crippen LogP contribution in [-0.4, -0.2) is 15.0 Å². The van der Waals surface area contributed by atoms with Crippen LogP contribution in [0, 0.1) is 0 Å². The van der Waals surface area contributed by atoms with Crippen LogP contribution in [0.4, 0.5) is 0 Å². The second kappa shape index (κ2) is 8.03. The number of aromatic amines is 2. The number of thiazole rings is 1. The summed E-state index contributed by atoms with van der Waals surface area (Å²) in [6.45, 7) is 0. The third-order valence-electron chi connectivity index (χ3n) is 5.81. The minimum atomic E-state index is -0.00480. The molecule has 0 bridgehead atoms. The SMILES string of the molecule is Brc1ccc2[nH]cc(C(c3csc(-c4ccccc4)n3)c3c[nH]c4ccc(Br)cc34)c2c1. The number of H-pyrrole nitrogens is 2. The van der Waals surface area contributed by atoms with Gasteiger partial charge in [0.05, 0.1) is 11.6 Å². The summed E-state index contributed by atoms with van der Waals surface area (Å²) < 4.78 is 2.13. The normalized spacial score (nSPS) is 11.7. The second-order valence-electron chi connectivity index (χ2n) is 7.74. The Kier molecular flexibility index (Phi) is 5.01. The first-order valence-electron chi connectivity index (χ1n) is 10.2. The zero-order valence-corrected chi connectivity index (χ0v) is 20.8. The third-order valence-corrected chi connectivity index (χ3v) is 7.71. The van der Waals surface area contributed by atoms with Crippen LogP contribution in [0.25, 0.3) is 32.4 Å². The molecule has 156 valence electrons. The van der Waals surface area contributed by atoms with Crippen molar-refractivity contribution in [1.29, 1.82) is 0 Å². The van der Waals surface area contributed by atoms with E-state index in [4.69, 9.17) is 4.98 Å². The highest BCUT2D eigenvalue weighted by Gasteiger charge is 2.26. The summed E-state index contributed by atoms with van der Waals surface area (Å²) in [6, 6.07) is 23.1. The van der Waals surface area contributed by atoms with Crippen molar-refractivity contribution in [2.75, 3.05) is 0 Å². The summed E-state index contributed by atoms with van der Waals surface area (Å²) in [5.41, 5.74) is 6.86. The first-order chi connectivity index (χ1) is 15.7. The van der Waals surface area contributed by atoms with Crippen molar-refractivity contribution in [3.8, 4) is 10.6 Å². The van der Waals surface area contributed by atoms with Crippen LogP contribution < -0.4 is 0 Å². The monoisotopic (exact) mass is 561 g/mol. The Hall–Kier alpha value is -2.67. The van der Waals surface area contributed by atoms with Crippen LogP contribution >= 0.6 is 43.2 Å². The van der Waals surface area contributed by atoms with Gasteiger partial charge < -0.3 is 9.97 Å². The first kappa shape index (κ1) is 20.0. The fourth-order valence-corrected chi connectivity index (χ4v) is 5.90. The smallest absolute Gasteiger partial charge is 0.123 e. The molecule has 3 heterocycles. The van der Waals surface area contributed by atoms with Crippen LogP contribution in [-0.2, 0) is 0 Å². The van der Waals surface area contributed by atoms with E-state index < -0.39 is 0 Å². The zero-order chi connectivity index (χ0) is 21.7. The van der Waals surface area contributed by atoms with Crippen LogP contribution in [0.1, 0.15) is 22.7 Å². The average Bonchev–Trinajstić information content (AvgIpc) is 3.55. The zero-order valence-electron chi connectivity index (χ0n) is 16.8. The molecule has 2 N–H and O–H groups in total. The van der Waals surface area contributed by atoms with Gasteiger partial charge in [-0.05, 0) is 47.5 Å². The maximum absolute atomic E-state index is 5.12. The van der Waals surface area contributed by atoms with E-state index >= 15 is 0 Å². The molecular weight excluding hydrogens is 546 g/mol. The topological polar surface area (TPSA) is 44.5 Å². The second-order valence-corrected chi connectivity index (χ2v) is 10.4. The highest BCUT2D eigenvalue weighted by Crippen LogP contribution is 2.41. The summed E-state index contributed by atoms with van der Waals surface area (Å²) in [5.74, 6) is -0.00480. The van der Waals surface area contributed by atoms with Crippen molar-refractivity contribution < 1.29 is 0 Å². The van der Waals surface area contributed by atoms with Gasteiger partial charge in [-0.2, -0.15) is 0 Å². The van der Waals surface area contributed by atoms with Gasteiger partial charge in [0.25, 0.3) is 0 Å². The summed E-state index contributed by atoms with van der Waals surface area (Å²) in [5, 5.41) is 5.62. The molecule has 0 spiro atoms. The quantitative estimate of drug-likeness (QED) is 0.222. The minimum Gasteiger partial charge on any atom is -0.361 e. The molecule has 6 rings (SSSR count). The molecule has 6 aromatic rings. The number of nitrogens with zero attached hydrogens (tertiary/aromatic N) is 1. The number of halogens is 2. The van der Waals surface area contributed by atoms with Gasteiger partial charge in [-0.25, -0.2) is 4.98 Å². The van der Waals surface area contributed by atoms with Crippen molar-refractivity contribution in [2.24, 2.45) is 0 Å². The van der Waals surface area contributed by atoms with Crippen LogP contribution in [0.15, 0.2) is 93.4 Å². The molecule has 0 amide bonds. The molecule has 0 radical (unpaired) electrons. The molecule has 32 heavy (non-hydrogen) atoms. The number of hydrogen-bond acceptors (Lipinski definition) is 2. The predicted molar refractivity (Wildman–Crippen MR) is 140 cm³/mol. The van der Waals surface area contributed by atoms with Crippen molar-refractivity contribution in [2.45, 2.75) is 5.92 Å². The lowest BCUT2D eigenvalue weighted by molar-refractivity contribution is 0.952. The van der Waals surface area contributed by atoms with E-state index in [1.165, 1.54) is 21.9 Å². The summed E-state index contributed by atoms with van der Waals surface area (Å²) in [4.78, 5) is 12.0. The van der Waals surface area contributed by atoms with Gasteiger partial charge in [0.2, 0.25) is 0 Å². The summed E-state index contributed by atoms with van der Waals surface area (Å²) in [6.07, 6.45) is 4.25. The van der Waals surface area contributed by atoms with Crippen LogP contribution in [0.5, 0.6) is 0 Å². The lowest BCUT2D eigenvalue weighted by atomic mass is 9.88. The molecule has 0 saturated carbocycles. The van der Waals surface area contributed by atoms with Crippen molar-refractivity contribution in [1.82, 2.24) is 15.0 Å². The van der Waals surface area contributed by atoms with Gasteiger partial charge in [-0.1, -0.05) is 62.2 Å². The Labute approximate surface area is 205 Å². The minimum absolute atomic E-state index is 0.00480. The fourth-order valence-electron chi connectivity index (χ4n) is 4.32. The van der Waals surface area contributed by atoms with Crippen molar-refractivity contribution in [3.63, 3.8) is 0 Å². The van der Waals surface area contributed by atoms with E-state index in [1.807, 2.05) is 6.07 Å². The largest absolute Gasteiger partial charge is 0.361 e. The maximum Gasteiger partial charge on any atom is 0.123 e. The van der Waals surface area contributed by atoms with Crippen molar-refractivity contribution in [3.05, 3.63) is 110 Å². The lowest BCUT2D eigenvalue weighted by Crippen LogP contribution is -2.03. The lowest BCUT2D eigenvalue weighted by Gasteiger charge is -2.15. The number of aromatic nitrogens is 3. The van der Waals surface area contributed by atoms with E-state index in [-0.39, 0.29) is 5.92 Å². The molecule has 0 aliphatic heterocycles. The molecule has 0 saturated heterocycles. The standard InChI is InChI=1S/C26H17Br2N3S/c27-16-6-8-22-18(10-16)20(12-29-22)25(21-13-30-23-9-7-17(28)11-19(21)23)24-14-32-26(31-24)15-4-2-1-3-5-15/h1-14,25,29-30H. The van der Waals surface area contributed by atoms with E-state index in [1.54, 1.807) is 11.3 Å². The Morgan fingerprint density at radius 3 is 1.94 bits per heavy atom. The number of nitrogens with one attached hydrogen (secondary N) is 2. The van der Waals surface area contributed by atoms with Gasteiger partial charge in [-0.15, -0.1) is 11.3 Å². The Morgan fingerprint density at radius 1 is 0.750 bits per heavy atom. The molecule has 0 aliphatic carbocycles. The number of fused-ring (bicyclic) bond motifs is 2. The van der Waals surface area contributed by atoms with Gasteiger partial charge in [0, 0.05) is 54.1 Å². The average molecular weight is 563 g/mol. The van der Waals surface area contributed by atoms with Gasteiger partial charge in [0.1, 0.15) is 5.01 Å². The highest BCUT2D eigenvalue weighted by atomic mass is 79.9. The molecule has 3 aromatic heterocycles. The number of hydrogen-bond donors (Lipinski definition) is 2. The van der Waals surface area contributed by atoms with Crippen LogP contribution in [0.2, 0.25) is 0 Å². The maximum atomic E-state index is 5.12. The molecule has 0 aliphatic rings. The van der Waals surface area contributed by atoms with E-state index in [2.05, 4.69) is 120 Å².